The standard InChI is InChI=1S/C30H26F3N5O3/c1-39-29-23(9-5-13-34-29)37-24-17-26-28(18-25(24)35-19-11-14-40-15-12-19)38(27-10-3-2-8-22(27)36-26)20-6-4-7-21(16-20)41-30(31,32)33/h2-10,13,16-19,37H,11-12,14-15H2,1H3/b35-25+. The Labute approximate surface area is 233 Å². The van der Waals surface area contributed by atoms with Crippen LogP contribution in [-0.2, 0) is 4.74 Å². The Morgan fingerprint density at radius 1 is 0.976 bits per heavy atom. The van der Waals surface area contributed by atoms with Gasteiger partial charge >= 0.3 is 6.36 Å². The van der Waals surface area contributed by atoms with E-state index in [1.165, 1.54) is 18.2 Å². The number of fused-ring (bicyclic) bond motifs is 2. The fraction of sp³-hybridized carbons (Fsp3) is 0.233. The lowest BCUT2D eigenvalue weighted by molar-refractivity contribution is -0.274. The number of methoxy groups -OCH3 is 1. The molecular weight excluding hydrogens is 535 g/mol. The quantitative estimate of drug-likeness (QED) is 0.247. The summed E-state index contributed by atoms with van der Waals surface area (Å²) in [6, 6.07) is 20.9. The van der Waals surface area contributed by atoms with E-state index in [0.717, 1.165) is 18.4 Å². The van der Waals surface area contributed by atoms with Gasteiger partial charge in [-0.25, -0.2) is 9.97 Å². The van der Waals surface area contributed by atoms with E-state index in [1.807, 2.05) is 47.0 Å². The van der Waals surface area contributed by atoms with Crippen LogP contribution in [0.1, 0.15) is 12.8 Å². The highest BCUT2D eigenvalue weighted by Gasteiger charge is 2.31. The van der Waals surface area contributed by atoms with Crippen molar-refractivity contribution in [2.24, 2.45) is 4.99 Å². The summed E-state index contributed by atoms with van der Waals surface area (Å²) in [5.74, 6) is 0.109. The summed E-state index contributed by atoms with van der Waals surface area (Å²) >= 11 is 0. The van der Waals surface area contributed by atoms with Crippen LogP contribution in [0.3, 0.4) is 0 Å². The van der Waals surface area contributed by atoms with Crippen LogP contribution in [0.2, 0.25) is 0 Å². The third kappa shape index (κ3) is 5.80. The van der Waals surface area contributed by atoms with Gasteiger partial charge in [0, 0.05) is 31.2 Å². The maximum Gasteiger partial charge on any atom is 0.573 e. The molecule has 0 radical (unpaired) electrons. The first-order valence-electron chi connectivity index (χ1n) is 13.1. The van der Waals surface area contributed by atoms with Crippen molar-refractivity contribution in [2.45, 2.75) is 25.2 Å². The summed E-state index contributed by atoms with van der Waals surface area (Å²) in [5, 5.41) is 4.08. The number of anilines is 2. The van der Waals surface area contributed by atoms with Crippen LogP contribution in [0.25, 0.3) is 28.1 Å². The third-order valence-electron chi connectivity index (χ3n) is 6.75. The average molecular weight is 562 g/mol. The van der Waals surface area contributed by atoms with E-state index in [1.54, 1.807) is 25.4 Å². The van der Waals surface area contributed by atoms with Crippen molar-refractivity contribution in [3.8, 4) is 28.7 Å². The molecule has 1 aliphatic carbocycles. The molecule has 3 heterocycles. The van der Waals surface area contributed by atoms with E-state index in [9.17, 15) is 13.2 Å². The summed E-state index contributed by atoms with van der Waals surface area (Å²) in [6.45, 7) is 1.25. The number of rotatable bonds is 6. The van der Waals surface area contributed by atoms with Gasteiger partial charge in [0.2, 0.25) is 5.88 Å². The minimum atomic E-state index is -4.81. The topological polar surface area (TPSA) is 82.8 Å². The predicted molar refractivity (Wildman–Crippen MR) is 148 cm³/mol. The van der Waals surface area contributed by atoms with Crippen LogP contribution in [0.15, 0.2) is 84.0 Å². The van der Waals surface area contributed by atoms with Crippen molar-refractivity contribution >= 4 is 22.4 Å². The number of hydrogen-bond donors (Lipinski definition) is 1. The second-order valence-corrected chi connectivity index (χ2v) is 9.50. The van der Waals surface area contributed by atoms with E-state index in [2.05, 4.69) is 15.0 Å². The van der Waals surface area contributed by atoms with Crippen LogP contribution in [0.4, 0.5) is 24.5 Å². The van der Waals surface area contributed by atoms with Gasteiger partial charge in [0.25, 0.3) is 0 Å². The third-order valence-corrected chi connectivity index (χ3v) is 6.75. The van der Waals surface area contributed by atoms with Gasteiger partial charge in [-0.05, 0) is 61.4 Å². The number of alkyl halides is 3. The second-order valence-electron chi connectivity index (χ2n) is 9.50. The first-order chi connectivity index (χ1) is 19.9. The molecule has 0 amide bonds. The van der Waals surface area contributed by atoms with Gasteiger partial charge in [-0.3, -0.25) is 4.99 Å². The zero-order chi connectivity index (χ0) is 28.4. The molecule has 3 aromatic rings. The number of nitrogens with one attached hydrogen (secondary N) is 1. The molecule has 3 aliphatic rings. The molecule has 11 heteroatoms. The molecule has 2 aromatic carbocycles. The molecule has 6 rings (SSSR count). The highest BCUT2D eigenvalue weighted by molar-refractivity contribution is 5.84. The maximum atomic E-state index is 13.1. The van der Waals surface area contributed by atoms with Gasteiger partial charge in [0.15, 0.2) is 0 Å². The zero-order valence-corrected chi connectivity index (χ0v) is 22.1. The highest BCUT2D eigenvalue weighted by Crippen LogP contribution is 2.33. The Bertz CT molecular complexity index is 1730. The van der Waals surface area contributed by atoms with Crippen molar-refractivity contribution in [1.29, 1.82) is 0 Å². The molecule has 8 nitrogen and oxygen atoms in total. The van der Waals surface area contributed by atoms with Crippen LogP contribution < -0.4 is 20.1 Å². The molecule has 41 heavy (non-hydrogen) atoms. The summed E-state index contributed by atoms with van der Waals surface area (Å²) in [5.41, 5.74) is 4.51. The Hall–Kier alpha value is -4.64. The fourth-order valence-electron chi connectivity index (χ4n) is 4.95. The Morgan fingerprint density at radius 2 is 1.80 bits per heavy atom. The Balaban J connectivity index is 1.60. The van der Waals surface area contributed by atoms with Gasteiger partial charge in [-0.15, -0.1) is 13.2 Å². The van der Waals surface area contributed by atoms with Crippen LogP contribution in [0.5, 0.6) is 11.6 Å². The number of pyridine rings is 1. The molecular formula is C30H26F3N5O3. The molecule has 0 bridgehead atoms. The van der Waals surface area contributed by atoms with Gasteiger partial charge in [0.1, 0.15) is 11.4 Å². The van der Waals surface area contributed by atoms with Crippen LogP contribution in [0, 0.1) is 0 Å². The zero-order valence-electron chi connectivity index (χ0n) is 22.1. The second kappa shape index (κ2) is 11.1. The van der Waals surface area contributed by atoms with E-state index in [-0.39, 0.29) is 11.8 Å². The Kier molecular flexibility index (Phi) is 7.19. The maximum absolute atomic E-state index is 13.1. The number of para-hydroxylation sites is 2. The van der Waals surface area contributed by atoms with Crippen LogP contribution in [-0.4, -0.2) is 47.3 Å². The molecule has 2 aliphatic heterocycles. The molecule has 1 N–H and O–H groups in total. The van der Waals surface area contributed by atoms with Crippen molar-refractivity contribution in [2.75, 3.05) is 25.6 Å². The lowest BCUT2D eigenvalue weighted by atomic mass is 10.1. The van der Waals surface area contributed by atoms with Gasteiger partial charge < -0.3 is 24.1 Å². The highest BCUT2D eigenvalue weighted by atomic mass is 19.4. The van der Waals surface area contributed by atoms with E-state index < -0.39 is 6.36 Å². The number of benzene rings is 3. The lowest BCUT2D eigenvalue weighted by Gasteiger charge is -2.22. The van der Waals surface area contributed by atoms with E-state index >= 15 is 0 Å². The molecule has 0 saturated carbocycles. The first kappa shape index (κ1) is 26.6. The van der Waals surface area contributed by atoms with E-state index in [4.69, 9.17) is 19.5 Å². The van der Waals surface area contributed by atoms with Crippen LogP contribution >= 0.6 is 0 Å². The summed E-state index contributed by atoms with van der Waals surface area (Å²) in [7, 11) is 1.55. The Morgan fingerprint density at radius 3 is 2.61 bits per heavy atom. The number of nitrogens with zero attached hydrogens (tertiary/aromatic N) is 4. The van der Waals surface area contributed by atoms with Gasteiger partial charge in [-0.1, -0.05) is 18.2 Å². The van der Waals surface area contributed by atoms with Gasteiger partial charge in [0.05, 0.1) is 46.6 Å². The predicted octanol–water partition coefficient (Wildman–Crippen LogP) is 6.26. The molecule has 0 unspecified atom stereocenters. The minimum absolute atomic E-state index is 0.0444. The summed E-state index contributed by atoms with van der Waals surface area (Å²) in [4.78, 5) is 14.3. The van der Waals surface area contributed by atoms with Gasteiger partial charge in [-0.2, -0.15) is 0 Å². The molecule has 0 spiro atoms. The van der Waals surface area contributed by atoms with Crippen molar-refractivity contribution in [3.63, 3.8) is 0 Å². The monoisotopic (exact) mass is 561 g/mol. The molecule has 1 fully saturated rings. The number of aromatic nitrogens is 3. The fourth-order valence-corrected chi connectivity index (χ4v) is 4.95. The number of ether oxygens (including phenoxy) is 3. The molecule has 210 valence electrons. The van der Waals surface area contributed by atoms with Crippen molar-refractivity contribution in [3.05, 3.63) is 84.4 Å². The normalized spacial score (nSPS) is 14.9. The minimum Gasteiger partial charge on any atom is -0.480 e. The molecule has 1 saturated heterocycles. The van der Waals surface area contributed by atoms with Crippen molar-refractivity contribution in [1.82, 2.24) is 14.5 Å². The number of halogens is 3. The molecule has 0 atom stereocenters. The van der Waals surface area contributed by atoms with Crippen molar-refractivity contribution < 1.29 is 27.4 Å². The molecule has 1 aromatic heterocycles. The largest absolute Gasteiger partial charge is 0.573 e. The number of hydrogen-bond acceptors (Lipinski definition) is 7. The van der Waals surface area contributed by atoms with E-state index in [0.29, 0.717) is 58.4 Å². The average Bonchev–Trinajstić information content (AvgIpc) is 2.96. The SMILES string of the molecule is COc1ncccc1Nc1cc2nc3ccccc3n(-c3cccc(OC(F)(F)F)c3)c-2c/c1=N\C1CCOCC1. The lowest BCUT2D eigenvalue weighted by Crippen LogP contribution is -2.23. The smallest absolute Gasteiger partial charge is 0.480 e. The summed E-state index contributed by atoms with van der Waals surface area (Å²) in [6.07, 6.45) is -1.61. The summed E-state index contributed by atoms with van der Waals surface area (Å²) < 4.78 is 56.2. The first-order valence-corrected chi connectivity index (χ1v) is 13.1.